The van der Waals surface area contributed by atoms with Crippen molar-refractivity contribution in [2.75, 3.05) is 19.8 Å². The van der Waals surface area contributed by atoms with Gasteiger partial charge >= 0.3 is 0 Å². The third-order valence-corrected chi connectivity index (χ3v) is 5.73. The monoisotopic (exact) mass is 377 g/mol. The lowest BCUT2D eigenvalue weighted by molar-refractivity contribution is -0.142. The summed E-state index contributed by atoms with van der Waals surface area (Å²) in [5.41, 5.74) is 0.726. The van der Waals surface area contributed by atoms with Crippen molar-refractivity contribution in [1.82, 2.24) is 15.1 Å². The first-order valence-corrected chi connectivity index (χ1v) is 9.57. The smallest absolute Gasteiger partial charge is 0.253 e. The van der Waals surface area contributed by atoms with Gasteiger partial charge in [-0.05, 0) is 30.5 Å². The Morgan fingerprint density at radius 1 is 0.929 bits per heavy atom. The first-order valence-electron chi connectivity index (χ1n) is 9.57. The molecule has 0 atom stereocenters. The zero-order valence-electron chi connectivity index (χ0n) is 15.6. The number of amides is 3. The van der Waals surface area contributed by atoms with Gasteiger partial charge in [-0.3, -0.25) is 14.4 Å². The van der Waals surface area contributed by atoms with E-state index >= 15 is 0 Å². The Labute approximate surface area is 164 Å². The minimum absolute atomic E-state index is 0.0315. The summed E-state index contributed by atoms with van der Waals surface area (Å²) in [5.74, 6) is -0.205. The maximum Gasteiger partial charge on any atom is 0.253 e. The summed E-state index contributed by atoms with van der Waals surface area (Å²) in [6, 6.07) is 18.7. The lowest BCUT2D eigenvalue weighted by atomic mass is 9.85. The third kappa shape index (κ3) is 3.26. The Kier molecular flexibility index (Phi) is 4.86. The van der Waals surface area contributed by atoms with Crippen LogP contribution in [0, 0.1) is 0 Å². The highest BCUT2D eigenvalue weighted by molar-refractivity contribution is 5.96. The van der Waals surface area contributed by atoms with Gasteiger partial charge in [0, 0.05) is 18.7 Å². The molecule has 6 heteroatoms. The molecule has 28 heavy (non-hydrogen) atoms. The van der Waals surface area contributed by atoms with Gasteiger partial charge in [-0.15, -0.1) is 0 Å². The van der Waals surface area contributed by atoms with Crippen molar-refractivity contribution in [3.05, 3.63) is 71.8 Å². The molecule has 0 saturated carbocycles. The van der Waals surface area contributed by atoms with Gasteiger partial charge in [0.25, 0.3) is 5.91 Å². The highest BCUT2D eigenvalue weighted by Crippen LogP contribution is 2.33. The molecule has 2 heterocycles. The summed E-state index contributed by atoms with van der Waals surface area (Å²) in [7, 11) is 0. The zero-order valence-corrected chi connectivity index (χ0v) is 15.6. The van der Waals surface area contributed by atoms with Crippen LogP contribution in [-0.4, -0.2) is 52.8 Å². The van der Waals surface area contributed by atoms with Crippen LogP contribution in [0.25, 0.3) is 0 Å². The van der Waals surface area contributed by atoms with E-state index in [1.54, 1.807) is 21.9 Å². The lowest BCUT2D eigenvalue weighted by Crippen LogP contribution is -2.58. The van der Waals surface area contributed by atoms with E-state index in [4.69, 9.17) is 0 Å². The average Bonchev–Trinajstić information content (AvgIpc) is 3.05. The molecule has 0 radical (unpaired) electrons. The number of nitrogens with one attached hydrogen (secondary N) is 1. The molecule has 4 rings (SSSR count). The van der Waals surface area contributed by atoms with E-state index in [1.807, 2.05) is 48.5 Å². The first kappa shape index (κ1) is 18.2. The van der Waals surface area contributed by atoms with E-state index in [0.717, 1.165) is 5.56 Å². The zero-order chi connectivity index (χ0) is 19.6. The highest BCUT2D eigenvalue weighted by Gasteiger charge is 2.52. The molecule has 144 valence electrons. The van der Waals surface area contributed by atoms with Crippen LogP contribution in [0.4, 0.5) is 0 Å². The van der Waals surface area contributed by atoms with Crippen LogP contribution >= 0.6 is 0 Å². The Morgan fingerprint density at radius 3 is 2.18 bits per heavy atom. The van der Waals surface area contributed by atoms with Crippen molar-refractivity contribution in [2.24, 2.45) is 0 Å². The minimum atomic E-state index is -0.848. The highest BCUT2D eigenvalue weighted by atomic mass is 16.2. The average molecular weight is 377 g/mol. The molecule has 2 aliphatic heterocycles. The summed E-state index contributed by atoms with van der Waals surface area (Å²) in [6.45, 7) is 1.14. The van der Waals surface area contributed by atoms with Gasteiger partial charge in [0.15, 0.2) is 0 Å². The van der Waals surface area contributed by atoms with Crippen molar-refractivity contribution >= 4 is 17.7 Å². The maximum absolute atomic E-state index is 12.9. The largest absolute Gasteiger partial charge is 0.338 e. The minimum Gasteiger partial charge on any atom is -0.338 e. The Bertz CT molecular complexity index is 874. The van der Waals surface area contributed by atoms with Crippen molar-refractivity contribution in [3.8, 4) is 0 Å². The maximum atomic E-state index is 12.9. The quantitative estimate of drug-likeness (QED) is 0.887. The van der Waals surface area contributed by atoms with Crippen LogP contribution in [0.2, 0.25) is 0 Å². The second kappa shape index (κ2) is 7.46. The fourth-order valence-electron chi connectivity index (χ4n) is 4.12. The second-order valence-corrected chi connectivity index (χ2v) is 7.34. The van der Waals surface area contributed by atoms with Gasteiger partial charge in [0.2, 0.25) is 11.8 Å². The molecule has 0 aliphatic carbocycles. The number of hydrogen-bond acceptors (Lipinski definition) is 3. The van der Waals surface area contributed by atoms with Crippen molar-refractivity contribution < 1.29 is 14.4 Å². The number of benzene rings is 2. The molecule has 2 fully saturated rings. The van der Waals surface area contributed by atoms with Crippen molar-refractivity contribution in [1.29, 1.82) is 0 Å². The van der Waals surface area contributed by atoms with Crippen molar-refractivity contribution in [3.63, 3.8) is 0 Å². The Balaban J connectivity index is 1.47. The number of likely N-dealkylation sites (tertiary alicyclic amines) is 1. The van der Waals surface area contributed by atoms with Crippen LogP contribution in [0.1, 0.15) is 28.8 Å². The van der Waals surface area contributed by atoms with E-state index in [0.29, 0.717) is 31.5 Å². The van der Waals surface area contributed by atoms with E-state index in [2.05, 4.69) is 5.32 Å². The fraction of sp³-hybridized carbons (Fsp3) is 0.318. The number of carbonyl (C=O) groups is 3. The van der Waals surface area contributed by atoms with Gasteiger partial charge < -0.3 is 15.1 Å². The number of hydrogen-bond donors (Lipinski definition) is 1. The molecule has 3 amide bonds. The SMILES string of the molecule is O=C(c1ccccc1)N1CCC2(CC1)C(=O)NCN2C(=O)Cc1ccccc1. The number of piperidine rings is 1. The van der Waals surface area contributed by atoms with Crippen LogP contribution < -0.4 is 5.32 Å². The fourth-order valence-corrected chi connectivity index (χ4v) is 4.12. The van der Waals surface area contributed by atoms with E-state index in [9.17, 15) is 14.4 Å². The molecule has 2 saturated heterocycles. The molecular weight excluding hydrogens is 354 g/mol. The van der Waals surface area contributed by atoms with Crippen molar-refractivity contribution in [2.45, 2.75) is 24.8 Å². The lowest BCUT2D eigenvalue weighted by Gasteiger charge is -2.42. The summed E-state index contributed by atoms with van der Waals surface area (Å²) in [6.07, 6.45) is 1.18. The van der Waals surface area contributed by atoms with Crippen LogP contribution in [0.15, 0.2) is 60.7 Å². The Morgan fingerprint density at radius 2 is 1.54 bits per heavy atom. The normalized spacial score (nSPS) is 18.2. The summed E-state index contributed by atoms with van der Waals surface area (Å²) in [5, 5.41) is 2.84. The molecule has 2 aliphatic rings. The summed E-state index contributed by atoms with van der Waals surface area (Å²) < 4.78 is 0. The molecule has 2 aromatic carbocycles. The standard InChI is InChI=1S/C22H23N3O3/c26-19(15-17-7-3-1-4-8-17)25-16-23-21(28)22(25)11-13-24(14-12-22)20(27)18-9-5-2-6-10-18/h1-10H,11-16H2,(H,23,28). The second-order valence-electron chi connectivity index (χ2n) is 7.34. The van der Waals surface area contributed by atoms with Crippen LogP contribution in [0.3, 0.4) is 0 Å². The molecule has 1 spiro atoms. The van der Waals surface area contributed by atoms with Gasteiger partial charge in [0.1, 0.15) is 5.54 Å². The Hall–Kier alpha value is -3.15. The first-order chi connectivity index (χ1) is 13.6. The molecule has 6 nitrogen and oxygen atoms in total. The van der Waals surface area contributed by atoms with Gasteiger partial charge in [0.05, 0.1) is 13.1 Å². The molecule has 2 aromatic rings. The van der Waals surface area contributed by atoms with Gasteiger partial charge in [-0.25, -0.2) is 0 Å². The molecule has 0 aromatic heterocycles. The third-order valence-electron chi connectivity index (χ3n) is 5.73. The predicted octanol–water partition coefficient (Wildman–Crippen LogP) is 1.82. The van der Waals surface area contributed by atoms with Gasteiger partial charge in [-0.1, -0.05) is 48.5 Å². The number of nitrogens with zero attached hydrogens (tertiary/aromatic N) is 2. The summed E-state index contributed by atoms with van der Waals surface area (Å²) >= 11 is 0. The molecular formula is C22H23N3O3. The van der Waals surface area contributed by atoms with Crippen LogP contribution in [0.5, 0.6) is 0 Å². The van der Waals surface area contributed by atoms with E-state index in [1.165, 1.54) is 0 Å². The van der Waals surface area contributed by atoms with Gasteiger partial charge in [-0.2, -0.15) is 0 Å². The topological polar surface area (TPSA) is 69.7 Å². The molecule has 0 bridgehead atoms. The number of rotatable bonds is 3. The van der Waals surface area contributed by atoms with E-state index in [-0.39, 0.29) is 30.8 Å². The van der Waals surface area contributed by atoms with Crippen LogP contribution in [-0.2, 0) is 16.0 Å². The summed E-state index contributed by atoms with van der Waals surface area (Å²) in [4.78, 5) is 41.7. The molecule has 0 unspecified atom stereocenters. The number of carbonyl (C=O) groups excluding carboxylic acids is 3. The predicted molar refractivity (Wildman–Crippen MR) is 104 cm³/mol. The van der Waals surface area contributed by atoms with E-state index < -0.39 is 5.54 Å². The molecule has 1 N–H and O–H groups in total.